The van der Waals surface area contributed by atoms with Crippen LogP contribution in [0.2, 0.25) is 0 Å². The van der Waals surface area contributed by atoms with Gasteiger partial charge in [-0.15, -0.1) is 0 Å². The van der Waals surface area contributed by atoms with E-state index in [9.17, 15) is 4.79 Å². The Hall–Kier alpha value is -2.89. The van der Waals surface area contributed by atoms with Gasteiger partial charge in [-0.05, 0) is 49.4 Å². The van der Waals surface area contributed by atoms with E-state index in [4.69, 9.17) is 20.9 Å². The molecule has 0 spiro atoms. The predicted molar refractivity (Wildman–Crippen MR) is 95.3 cm³/mol. The molecule has 128 valence electrons. The van der Waals surface area contributed by atoms with Crippen molar-refractivity contribution in [3.63, 3.8) is 0 Å². The maximum absolute atomic E-state index is 12.5. The summed E-state index contributed by atoms with van der Waals surface area (Å²) in [6.07, 6.45) is 0. The van der Waals surface area contributed by atoms with E-state index in [1.165, 1.54) is 0 Å². The minimum atomic E-state index is -0.116. The van der Waals surface area contributed by atoms with Crippen LogP contribution in [-0.4, -0.2) is 37.6 Å². The third-order valence-electron chi connectivity index (χ3n) is 3.58. The van der Waals surface area contributed by atoms with Crippen LogP contribution in [0.3, 0.4) is 0 Å². The molecule has 0 bridgehead atoms. The molecule has 0 aromatic heterocycles. The van der Waals surface area contributed by atoms with Gasteiger partial charge in [0, 0.05) is 23.5 Å². The molecule has 0 saturated carbocycles. The third-order valence-corrected chi connectivity index (χ3v) is 3.58. The number of benzene rings is 2. The van der Waals surface area contributed by atoms with E-state index in [1.54, 1.807) is 30.2 Å². The zero-order valence-corrected chi connectivity index (χ0v) is 14.0. The number of rotatable bonds is 7. The number of hydrogen-bond donors (Lipinski definition) is 2. The Morgan fingerprint density at radius 3 is 2.17 bits per heavy atom. The highest BCUT2D eigenvalue weighted by Crippen LogP contribution is 2.18. The molecule has 0 radical (unpaired) electrons. The van der Waals surface area contributed by atoms with Crippen LogP contribution in [0.5, 0.6) is 11.5 Å². The second kappa shape index (κ2) is 8.10. The number of ether oxygens (including phenoxy) is 2. The van der Waals surface area contributed by atoms with Crippen molar-refractivity contribution >= 4 is 17.3 Å². The van der Waals surface area contributed by atoms with Crippen molar-refractivity contribution in [2.45, 2.75) is 6.92 Å². The first kappa shape index (κ1) is 17.5. The van der Waals surface area contributed by atoms with Crippen LogP contribution in [0.4, 0.5) is 11.4 Å². The standard InChI is InChI=1S/C18H23N3O3/c1-3-21(18(22)13-10-14(19)12-15(20)11-13)8-9-24-17-6-4-16(23-2)5-7-17/h4-7,10-12H,3,8-9,19-20H2,1-2H3. The van der Waals surface area contributed by atoms with E-state index in [0.29, 0.717) is 36.6 Å². The number of amides is 1. The zero-order chi connectivity index (χ0) is 17.5. The van der Waals surface area contributed by atoms with E-state index in [0.717, 1.165) is 11.5 Å². The average molecular weight is 329 g/mol. The number of carbonyl (C=O) groups is 1. The first-order chi connectivity index (χ1) is 11.5. The molecule has 1 amide bonds. The third kappa shape index (κ3) is 4.55. The normalized spacial score (nSPS) is 10.2. The summed E-state index contributed by atoms with van der Waals surface area (Å²) in [5, 5.41) is 0. The molecule has 2 aromatic carbocycles. The largest absolute Gasteiger partial charge is 0.497 e. The predicted octanol–water partition coefficient (Wildman–Crippen LogP) is 2.40. The molecule has 0 heterocycles. The van der Waals surface area contributed by atoms with Crippen molar-refractivity contribution in [3.05, 3.63) is 48.0 Å². The highest BCUT2D eigenvalue weighted by Gasteiger charge is 2.15. The Balaban J connectivity index is 1.94. The van der Waals surface area contributed by atoms with Crippen LogP contribution in [-0.2, 0) is 0 Å². The summed E-state index contributed by atoms with van der Waals surface area (Å²) in [5.41, 5.74) is 12.9. The van der Waals surface area contributed by atoms with Gasteiger partial charge < -0.3 is 25.8 Å². The van der Waals surface area contributed by atoms with Gasteiger partial charge in [-0.1, -0.05) is 0 Å². The number of nitrogen functional groups attached to an aromatic ring is 2. The molecule has 6 nitrogen and oxygen atoms in total. The summed E-state index contributed by atoms with van der Waals surface area (Å²) in [6.45, 7) is 3.35. The first-order valence-corrected chi connectivity index (χ1v) is 7.75. The number of carbonyl (C=O) groups excluding carboxylic acids is 1. The van der Waals surface area contributed by atoms with Crippen molar-refractivity contribution in [2.75, 3.05) is 38.3 Å². The molecule has 2 aromatic rings. The van der Waals surface area contributed by atoms with Gasteiger partial charge in [-0.3, -0.25) is 4.79 Å². The lowest BCUT2D eigenvalue weighted by Gasteiger charge is -2.21. The Morgan fingerprint density at radius 2 is 1.62 bits per heavy atom. The lowest BCUT2D eigenvalue weighted by molar-refractivity contribution is 0.0740. The highest BCUT2D eigenvalue weighted by atomic mass is 16.5. The van der Waals surface area contributed by atoms with E-state index in [1.807, 2.05) is 31.2 Å². The number of methoxy groups -OCH3 is 1. The molecular weight excluding hydrogens is 306 g/mol. The lowest BCUT2D eigenvalue weighted by atomic mass is 10.1. The Morgan fingerprint density at radius 1 is 1.04 bits per heavy atom. The van der Waals surface area contributed by atoms with E-state index < -0.39 is 0 Å². The van der Waals surface area contributed by atoms with Crippen LogP contribution in [0.1, 0.15) is 17.3 Å². The summed E-state index contributed by atoms with van der Waals surface area (Å²) in [7, 11) is 1.61. The van der Waals surface area contributed by atoms with Gasteiger partial charge in [-0.25, -0.2) is 0 Å². The molecule has 0 atom stereocenters. The summed E-state index contributed by atoms with van der Waals surface area (Å²) in [4.78, 5) is 14.2. The summed E-state index contributed by atoms with van der Waals surface area (Å²) in [5.74, 6) is 1.38. The maximum atomic E-state index is 12.5. The van der Waals surface area contributed by atoms with Gasteiger partial charge >= 0.3 is 0 Å². The van der Waals surface area contributed by atoms with Gasteiger partial charge in [0.05, 0.1) is 13.7 Å². The van der Waals surface area contributed by atoms with Gasteiger partial charge in [0.1, 0.15) is 18.1 Å². The van der Waals surface area contributed by atoms with Crippen molar-refractivity contribution < 1.29 is 14.3 Å². The van der Waals surface area contributed by atoms with E-state index in [-0.39, 0.29) is 5.91 Å². The molecule has 4 N–H and O–H groups in total. The fourth-order valence-corrected chi connectivity index (χ4v) is 2.33. The van der Waals surface area contributed by atoms with Gasteiger partial charge in [-0.2, -0.15) is 0 Å². The van der Waals surface area contributed by atoms with Gasteiger partial charge in [0.2, 0.25) is 0 Å². The highest BCUT2D eigenvalue weighted by molar-refractivity contribution is 5.96. The number of likely N-dealkylation sites (N-methyl/N-ethyl adjacent to an activating group) is 1. The number of nitrogens with two attached hydrogens (primary N) is 2. The Labute approximate surface area is 142 Å². The van der Waals surface area contributed by atoms with Crippen molar-refractivity contribution in [2.24, 2.45) is 0 Å². The topological polar surface area (TPSA) is 90.8 Å². The number of hydrogen-bond acceptors (Lipinski definition) is 5. The van der Waals surface area contributed by atoms with E-state index >= 15 is 0 Å². The van der Waals surface area contributed by atoms with Crippen LogP contribution < -0.4 is 20.9 Å². The number of nitrogens with zero attached hydrogens (tertiary/aromatic N) is 1. The average Bonchev–Trinajstić information content (AvgIpc) is 2.58. The minimum absolute atomic E-state index is 0.116. The molecule has 0 aliphatic rings. The first-order valence-electron chi connectivity index (χ1n) is 7.75. The molecule has 0 aliphatic heterocycles. The Kier molecular flexibility index (Phi) is 5.89. The molecule has 0 fully saturated rings. The SMILES string of the molecule is CCN(CCOc1ccc(OC)cc1)C(=O)c1cc(N)cc(N)c1. The molecule has 0 unspecified atom stereocenters. The molecule has 6 heteroatoms. The van der Waals surface area contributed by atoms with Crippen molar-refractivity contribution in [1.82, 2.24) is 4.90 Å². The lowest BCUT2D eigenvalue weighted by Crippen LogP contribution is -2.34. The number of anilines is 2. The second-order valence-electron chi connectivity index (χ2n) is 5.30. The minimum Gasteiger partial charge on any atom is -0.497 e. The molecular formula is C18H23N3O3. The zero-order valence-electron chi connectivity index (χ0n) is 14.0. The van der Waals surface area contributed by atoms with Crippen molar-refractivity contribution in [1.29, 1.82) is 0 Å². The second-order valence-corrected chi connectivity index (χ2v) is 5.30. The van der Waals surface area contributed by atoms with Crippen LogP contribution in [0.15, 0.2) is 42.5 Å². The van der Waals surface area contributed by atoms with Gasteiger partial charge in [0.15, 0.2) is 0 Å². The summed E-state index contributed by atoms with van der Waals surface area (Å²) < 4.78 is 10.8. The maximum Gasteiger partial charge on any atom is 0.254 e. The van der Waals surface area contributed by atoms with E-state index in [2.05, 4.69) is 0 Å². The van der Waals surface area contributed by atoms with Crippen molar-refractivity contribution in [3.8, 4) is 11.5 Å². The fourth-order valence-electron chi connectivity index (χ4n) is 2.33. The molecule has 24 heavy (non-hydrogen) atoms. The Bertz CT molecular complexity index is 666. The van der Waals surface area contributed by atoms with Crippen LogP contribution >= 0.6 is 0 Å². The summed E-state index contributed by atoms with van der Waals surface area (Å²) >= 11 is 0. The smallest absolute Gasteiger partial charge is 0.254 e. The van der Waals surface area contributed by atoms with Crippen LogP contribution in [0.25, 0.3) is 0 Å². The summed E-state index contributed by atoms with van der Waals surface area (Å²) in [6, 6.07) is 12.2. The van der Waals surface area contributed by atoms with Crippen LogP contribution in [0, 0.1) is 0 Å². The molecule has 0 saturated heterocycles. The molecule has 2 rings (SSSR count). The van der Waals surface area contributed by atoms with Gasteiger partial charge in [0.25, 0.3) is 5.91 Å². The monoisotopic (exact) mass is 329 g/mol. The fraction of sp³-hybridized carbons (Fsp3) is 0.278. The molecule has 0 aliphatic carbocycles. The quantitative estimate of drug-likeness (QED) is 0.761.